The van der Waals surface area contributed by atoms with Crippen LogP contribution in [0.5, 0.6) is 0 Å². The lowest BCUT2D eigenvalue weighted by molar-refractivity contribution is -0.301. The quantitative estimate of drug-likeness (QED) is 0.0197. The molecule has 1 rings (SSSR count). The minimum absolute atomic E-state index is 0.0372. The number of carbonyl (C=O) groups is 1. The fraction of sp³-hybridized carbons (Fsp3) is 0.830. The molecule has 13 heteroatoms. The van der Waals surface area contributed by atoms with Crippen LogP contribution < -0.4 is 0 Å². The van der Waals surface area contributed by atoms with Crippen LogP contribution in [0.15, 0.2) is 48.6 Å². The van der Waals surface area contributed by atoms with E-state index in [9.17, 15) is 33.1 Å². The van der Waals surface area contributed by atoms with Gasteiger partial charge >= 0.3 is 16.4 Å². The van der Waals surface area contributed by atoms with Crippen LogP contribution in [0, 0.1) is 0 Å². The van der Waals surface area contributed by atoms with Crippen molar-refractivity contribution in [2.45, 2.75) is 256 Å². The van der Waals surface area contributed by atoms with Crippen LogP contribution in [0.3, 0.4) is 0 Å². The predicted molar refractivity (Wildman–Crippen MR) is 266 cm³/mol. The summed E-state index contributed by atoms with van der Waals surface area (Å²) >= 11 is 0. The Morgan fingerprint density at radius 2 is 1.05 bits per heavy atom. The van der Waals surface area contributed by atoms with E-state index in [0.29, 0.717) is 13.0 Å². The Hall–Kier alpha value is -1.94. The third kappa shape index (κ3) is 37.0. The highest BCUT2D eigenvalue weighted by Crippen LogP contribution is 2.26. The Bertz CT molecular complexity index is 1340. The van der Waals surface area contributed by atoms with Crippen molar-refractivity contribution in [2.75, 3.05) is 26.4 Å². The molecule has 66 heavy (non-hydrogen) atoms. The molecule has 6 atom stereocenters. The molecular weight excluding hydrogens is 861 g/mol. The van der Waals surface area contributed by atoms with Crippen LogP contribution in [0.1, 0.15) is 219 Å². The number of esters is 1. The molecule has 6 unspecified atom stereocenters. The highest BCUT2D eigenvalue weighted by atomic mass is 32.3. The van der Waals surface area contributed by atoms with Crippen molar-refractivity contribution in [3.63, 3.8) is 0 Å². The molecule has 0 aromatic rings. The van der Waals surface area contributed by atoms with Gasteiger partial charge in [-0.3, -0.25) is 9.35 Å². The molecule has 0 radical (unpaired) electrons. The van der Waals surface area contributed by atoms with Crippen LogP contribution in [0.25, 0.3) is 0 Å². The van der Waals surface area contributed by atoms with Gasteiger partial charge in [-0.25, -0.2) is 4.18 Å². The first-order valence-corrected chi connectivity index (χ1v) is 27.8. The van der Waals surface area contributed by atoms with Gasteiger partial charge < -0.3 is 34.3 Å². The van der Waals surface area contributed by atoms with Gasteiger partial charge in [0.15, 0.2) is 6.29 Å². The molecule has 0 aromatic carbocycles. The molecule has 386 valence electrons. The summed E-state index contributed by atoms with van der Waals surface area (Å²) in [6, 6.07) is 0. The zero-order chi connectivity index (χ0) is 48.2. The van der Waals surface area contributed by atoms with Gasteiger partial charge in [0, 0.05) is 13.0 Å². The van der Waals surface area contributed by atoms with Crippen molar-refractivity contribution in [3.8, 4) is 0 Å². The molecule has 0 spiro atoms. The average Bonchev–Trinajstić information content (AvgIpc) is 3.29. The highest BCUT2D eigenvalue weighted by Gasteiger charge is 2.48. The first-order valence-electron chi connectivity index (χ1n) is 26.4. The van der Waals surface area contributed by atoms with E-state index >= 15 is 0 Å². The van der Waals surface area contributed by atoms with E-state index in [-0.39, 0.29) is 19.6 Å². The van der Waals surface area contributed by atoms with Crippen LogP contribution in [-0.4, -0.2) is 97.5 Å². The highest BCUT2D eigenvalue weighted by molar-refractivity contribution is 7.80. The van der Waals surface area contributed by atoms with Crippen LogP contribution in [0.2, 0.25) is 0 Å². The molecule has 4 N–H and O–H groups in total. The minimum atomic E-state index is -5.06. The summed E-state index contributed by atoms with van der Waals surface area (Å²) in [4.78, 5) is 12.9. The number of aliphatic hydroxyl groups excluding tert-OH is 3. The SMILES string of the molecule is CC/C=C\C/C=C\C/C=C\C/C=C\CCCCCCCCCCCCCCCOCC(COC1OC(CO)C(O)C(OS(=O)(=O)O)C1O)OC(=O)CCCCCCCCCCCCCCC. The van der Waals surface area contributed by atoms with Crippen molar-refractivity contribution in [1.82, 2.24) is 0 Å². The Kier molecular flexibility index (Phi) is 41.6. The van der Waals surface area contributed by atoms with Crippen molar-refractivity contribution >= 4 is 16.4 Å². The van der Waals surface area contributed by atoms with Crippen molar-refractivity contribution in [1.29, 1.82) is 0 Å². The van der Waals surface area contributed by atoms with E-state index in [1.54, 1.807) is 0 Å². The molecule has 1 heterocycles. The van der Waals surface area contributed by atoms with Crippen molar-refractivity contribution in [2.24, 2.45) is 0 Å². The molecule has 1 saturated heterocycles. The lowest BCUT2D eigenvalue weighted by Gasteiger charge is -2.41. The molecule has 0 bridgehead atoms. The number of allylic oxidation sites excluding steroid dienone is 8. The second-order valence-electron chi connectivity index (χ2n) is 18.1. The summed E-state index contributed by atoms with van der Waals surface area (Å²) in [6.45, 7) is 3.90. The van der Waals surface area contributed by atoms with E-state index in [1.165, 1.54) is 128 Å². The molecule has 0 aromatic heterocycles. The number of rotatable bonds is 46. The first kappa shape index (κ1) is 62.1. The van der Waals surface area contributed by atoms with E-state index < -0.39 is 59.8 Å². The average molecular weight is 957 g/mol. The van der Waals surface area contributed by atoms with Crippen LogP contribution in [-0.2, 0) is 38.3 Å². The lowest BCUT2D eigenvalue weighted by Crippen LogP contribution is -2.60. The van der Waals surface area contributed by atoms with E-state index in [0.717, 1.165) is 64.2 Å². The fourth-order valence-corrected chi connectivity index (χ4v) is 8.53. The second kappa shape index (κ2) is 44.3. The molecule has 12 nitrogen and oxygen atoms in total. The number of hydrogen-bond acceptors (Lipinski definition) is 11. The normalized spacial score (nSPS) is 19.9. The van der Waals surface area contributed by atoms with E-state index in [1.807, 2.05) is 0 Å². The molecule has 1 aliphatic heterocycles. The standard InChI is InChI=1S/C53H96O12S/c1-3-5-7-9-11-13-15-17-18-19-20-21-22-23-24-25-26-27-28-29-31-33-35-37-39-41-43-61-45-47(46-62-53-51(57)52(65-66(58,59)60)50(56)48(44-54)64-53)63-49(55)42-40-38-36-34-32-30-16-14-12-10-8-6-4-2/h5,7,11,13,17-18,20-21,47-48,50-54,56-57H,3-4,6,8-10,12,14-16,19,22-46H2,1-2H3,(H,58,59,60)/b7-5-,13-11-,18-17-,21-20-. The lowest BCUT2D eigenvalue weighted by atomic mass is 9.99. The largest absolute Gasteiger partial charge is 0.457 e. The summed E-state index contributed by atoms with van der Waals surface area (Å²) in [7, 11) is -5.06. The molecule has 1 aliphatic rings. The van der Waals surface area contributed by atoms with Crippen molar-refractivity contribution in [3.05, 3.63) is 48.6 Å². The zero-order valence-electron chi connectivity index (χ0n) is 41.5. The number of carbonyl (C=O) groups excluding carboxylic acids is 1. The van der Waals surface area contributed by atoms with Gasteiger partial charge in [0.2, 0.25) is 0 Å². The third-order valence-corrected chi connectivity index (χ3v) is 12.4. The number of ether oxygens (including phenoxy) is 4. The summed E-state index contributed by atoms with van der Waals surface area (Å²) < 4.78 is 59.2. The first-order chi connectivity index (χ1) is 32.1. The van der Waals surface area contributed by atoms with E-state index in [4.69, 9.17) is 18.9 Å². The minimum Gasteiger partial charge on any atom is -0.457 e. The van der Waals surface area contributed by atoms with Crippen molar-refractivity contribution < 1.29 is 56.2 Å². The Morgan fingerprint density at radius 3 is 1.53 bits per heavy atom. The summed E-state index contributed by atoms with van der Waals surface area (Å²) in [5.41, 5.74) is 0. The number of unbranched alkanes of at least 4 members (excludes halogenated alkanes) is 25. The van der Waals surface area contributed by atoms with Crippen LogP contribution in [0.4, 0.5) is 0 Å². The van der Waals surface area contributed by atoms with E-state index in [2.05, 4.69) is 66.6 Å². The van der Waals surface area contributed by atoms with Gasteiger partial charge in [-0.15, -0.1) is 0 Å². The maximum Gasteiger partial charge on any atom is 0.397 e. The van der Waals surface area contributed by atoms with Gasteiger partial charge in [0.05, 0.1) is 19.8 Å². The fourth-order valence-electron chi connectivity index (χ4n) is 8.02. The van der Waals surface area contributed by atoms with Gasteiger partial charge in [-0.05, 0) is 51.4 Å². The Balaban J connectivity index is 2.28. The summed E-state index contributed by atoms with van der Waals surface area (Å²) in [6.07, 6.45) is 45.8. The second-order valence-corrected chi connectivity index (χ2v) is 19.1. The monoisotopic (exact) mass is 957 g/mol. The molecule has 1 fully saturated rings. The smallest absolute Gasteiger partial charge is 0.397 e. The zero-order valence-corrected chi connectivity index (χ0v) is 42.3. The number of aliphatic hydroxyl groups is 3. The maximum absolute atomic E-state index is 12.9. The topological polar surface area (TPSA) is 178 Å². The molecule has 0 amide bonds. The summed E-state index contributed by atoms with van der Waals surface area (Å²) in [5, 5.41) is 30.7. The third-order valence-electron chi connectivity index (χ3n) is 12.0. The molecular formula is C53H96O12S. The Labute approximate surface area is 402 Å². The van der Waals surface area contributed by atoms with Gasteiger partial charge in [-0.2, -0.15) is 8.42 Å². The number of hydrogen-bond donors (Lipinski definition) is 4. The van der Waals surface area contributed by atoms with Crippen LogP contribution >= 0.6 is 0 Å². The summed E-state index contributed by atoms with van der Waals surface area (Å²) in [5.74, 6) is -0.398. The molecule has 0 saturated carbocycles. The molecule has 0 aliphatic carbocycles. The predicted octanol–water partition coefficient (Wildman–Crippen LogP) is 12.3. The van der Waals surface area contributed by atoms with Gasteiger partial charge in [0.1, 0.15) is 30.5 Å². The van der Waals surface area contributed by atoms with Gasteiger partial charge in [-0.1, -0.05) is 210 Å². The Morgan fingerprint density at radius 1 is 0.591 bits per heavy atom. The van der Waals surface area contributed by atoms with Gasteiger partial charge in [0.25, 0.3) is 0 Å². The maximum atomic E-state index is 12.9.